The molecule has 0 amide bonds. The summed E-state index contributed by atoms with van der Waals surface area (Å²) >= 11 is 0. The molecule has 3 nitrogen and oxygen atoms in total. The summed E-state index contributed by atoms with van der Waals surface area (Å²) in [5, 5.41) is 0. The van der Waals surface area contributed by atoms with Crippen molar-refractivity contribution in [1.82, 2.24) is 0 Å². The molecular formula is C18H23NO2S. The molecule has 0 aliphatic heterocycles. The fraction of sp³-hybridized carbons (Fsp3) is 0.333. The molecule has 0 aliphatic rings. The average molecular weight is 317 g/mol. The Hall–Kier alpha value is -1.81. The molecule has 1 N–H and O–H groups in total. The van der Waals surface area contributed by atoms with E-state index in [-0.39, 0.29) is 10.8 Å². The van der Waals surface area contributed by atoms with Crippen molar-refractivity contribution in [3.63, 3.8) is 0 Å². The maximum Gasteiger partial charge on any atom is 0.261 e. The normalized spacial score (nSPS) is 11.9. The first-order valence-corrected chi connectivity index (χ1v) is 9.01. The Labute approximate surface area is 133 Å². The highest BCUT2D eigenvalue weighted by Gasteiger charge is 2.17. The summed E-state index contributed by atoms with van der Waals surface area (Å²) in [6.07, 6.45) is 0. The zero-order valence-corrected chi connectivity index (χ0v) is 14.3. The Morgan fingerprint density at radius 3 is 1.95 bits per heavy atom. The van der Waals surface area contributed by atoms with Crippen LogP contribution in [0.2, 0.25) is 0 Å². The molecular weight excluding hydrogens is 294 g/mol. The fourth-order valence-corrected chi connectivity index (χ4v) is 3.42. The van der Waals surface area contributed by atoms with Crippen LogP contribution in [0.25, 0.3) is 0 Å². The second-order valence-corrected chi connectivity index (χ2v) is 7.75. The average Bonchev–Trinajstić information content (AvgIpc) is 2.47. The first-order chi connectivity index (χ1) is 10.3. The number of nitrogens with one attached hydrogen (secondary N) is 1. The summed E-state index contributed by atoms with van der Waals surface area (Å²) < 4.78 is 27.8. The first kappa shape index (κ1) is 16.6. The van der Waals surface area contributed by atoms with Crippen molar-refractivity contribution in [3.8, 4) is 0 Å². The van der Waals surface area contributed by atoms with Crippen LogP contribution in [0.1, 0.15) is 50.7 Å². The van der Waals surface area contributed by atoms with Crippen molar-refractivity contribution in [3.05, 3.63) is 59.7 Å². The highest BCUT2D eigenvalue weighted by molar-refractivity contribution is 7.92. The third kappa shape index (κ3) is 3.69. The van der Waals surface area contributed by atoms with Gasteiger partial charge in [-0.2, -0.15) is 0 Å². The number of sulfonamides is 1. The van der Waals surface area contributed by atoms with E-state index in [0.717, 1.165) is 11.1 Å². The van der Waals surface area contributed by atoms with Crippen molar-refractivity contribution < 1.29 is 8.42 Å². The summed E-state index contributed by atoms with van der Waals surface area (Å²) in [5.74, 6) is 0.633. The quantitative estimate of drug-likeness (QED) is 0.866. The minimum Gasteiger partial charge on any atom is -0.279 e. The van der Waals surface area contributed by atoms with Crippen LogP contribution in [0.15, 0.2) is 53.4 Å². The standard InChI is InChI=1S/C18H23NO2S/c1-13(2)15-9-11-16(12-10-15)22(20,21)19-18-8-6-5-7-17(18)14(3)4/h5-14,19H,1-4H3. The van der Waals surface area contributed by atoms with E-state index in [1.165, 1.54) is 0 Å². The number of benzene rings is 2. The highest BCUT2D eigenvalue weighted by Crippen LogP contribution is 2.26. The Morgan fingerprint density at radius 1 is 0.818 bits per heavy atom. The van der Waals surface area contributed by atoms with Gasteiger partial charge in [-0.15, -0.1) is 0 Å². The Bertz CT molecular complexity index is 732. The second-order valence-electron chi connectivity index (χ2n) is 6.07. The molecule has 0 atom stereocenters. The van der Waals surface area contributed by atoms with Gasteiger partial charge in [-0.05, 0) is 41.2 Å². The highest BCUT2D eigenvalue weighted by atomic mass is 32.2. The molecule has 118 valence electrons. The molecule has 0 unspecified atom stereocenters. The molecule has 0 fully saturated rings. The zero-order chi connectivity index (χ0) is 16.3. The fourth-order valence-electron chi connectivity index (χ4n) is 2.33. The monoisotopic (exact) mass is 317 g/mol. The number of rotatable bonds is 5. The van der Waals surface area contributed by atoms with Crippen LogP contribution >= 0.6 is 0 Å². The molecule has 2 rings (SSSR count). The first-order valence-electron chi connectivity index (χ1n) is 7.53. The van der Waals surface area contributed by atoms with Gasteiger partial charge < -0.3 is 0 Å². The molecule has 0 saturated carbocycles. The molecule has 2 aromatic rings. The minimum absolute atomic E-state index is 0.252. The van der Waals surface area contributed by atoms with Crippen LogP contribution in [-0.4, -0.2) is 8.42 Å². The van der Waals surface area contributed by atoms with Crippen LogP contribution in [0, 0.1) is 0 Å². The van der Waals surface area contributed by atoms with Crippen molar-refractivity contribution in [2.45, 2.75) is 44.4 Å². The van der Waals surface area contributed by atoms with E-state index in [2.05, 4.69) is 18.6 Å². The maximum atomic E-state index is 12.5. The van der Waals surface area contributed by atoms with E-state index in [1.54, 1.807) is 18.2 Å². The molecule has 0 radical (unpaired) electrons. The SMILES string of the molecule is CC(C)c1ccc(S(=O)(=O)Nc2ccccc2C(C)C)cc1. The molecule has 0 saturated heterocycles. The molecule has 0 heterocycles. The van der Waals surface area contributed by atoms with Crippen molar-refractivity contribution in [1.29, 1.82) is 0 Å². The predicted octanol–water partition coefficient (Wildman–Crippen LogP) is 4.73. The lowest BCUT2D eigenvalue weighted by molar-refractivity contribution is 0.601. The van der Waals surface area contributed by atoms with Crippen molar-refractivity contribution in [2.75, 3.05) is 4.72 Å². The Kier molecular flexibility index (Phi) is 4.91. The lowest BCUT2D eigenvalue weighted by atomic mass is 10.0. The Morgan fingerprint density at radius 2 is 1.41 bits per heavy atom. The van der Waals surface area contributed by atoms with Crippen molar-refractivity contribution in [2.24, 2.45) is 0 Å². The lowest BCUT2D eigenvalue weighted by Crippen LogP contribution is -2.14. The van der Waals surface area contributed by atoms with E-state index in [9.17, 15) is 8.42 Å². The Balaban J connectivity index is 2.32. The number of para-hydroxylation sites is 1. The molecule has 22 heavy (non-hydrogen) atoms. The van der Waals surface area contributed by atoms with E-state index in [4.69, 9.17) is 0 Å². The van der Waals surface area contributed by atoms with Gasteiger partial charge in [-0.25, -0.2) is 8.42 Å². The van der Waals surface area contributed by atoms with E-state index in [0.29, 0.717) is 11.6 Å². The van der Waals surface area contributed by atoms with Crippen LogP contribution in [0.5, 0.6) is 0 Å². The second kappa shape index (κ2) is 6.53. The van der Waals surface area contributed by atoms with Crippen LogP contribution in [-0.2, 0) is 10.0 Å². The topological polar surface area (TPSA) is 46.2 Å². The minimum atomic E-state index is -3.56. The summed E-state index contributed by atoms with van der Waals surface area (Å²) in [7, 11) is -3.56. The van der Waals surface area contributed by atoms with E-state index < -0.39 is 10.0 Å². The third-order valence-electron chi connectivity index (χ3n) is 3.68. The summed E-state index contributed by atoms with van der Waals surface area (Å²) in [5.41, 5.74) is 2.76. The van der Waals surface area contributed by atoms with Gasteiger partial charge in [-0.3, -0.25) is 4.72 Å². The van der Waals surface area contributed by atoms with E-state index in [1.807, 2.05) is 44.2 Å². The number of anilines is 1. The predicted molar refractivity (Wildman–Crippen MR) is 91.9 cm³/mol. The van der Waals surface area contributed by atoms with Crippen LogP contribution in [0.4, 0.5) is 5.69 Å². The molecule has 0 aromatic heterocycles. The van der Waals surface area contributed by atoms with Gasteiger partial charge in [0, 0.05) is 0 Å². The maximum absolute atomic E-state index is 12.5. The summed E-state index contributed by atoms with van der Waals surface area (Å²) in [4.78, 5) is 0.287. The van der Waals surface area contributed by atoms with Crippen molar-refractivity contribution >= 4 is 15.7 Å². The van der Waals surface area contributed by atoms with Gasteiger partial charge in [-0.1, -0.05) is 58.0 Å². The summed E-state index contributed by atoms with van der Waals surface area (Å²) in [6, 6.07) is 14.6. The largest absolute Gasteiger partial charge is 0.279 e. The number of hydrogen-bond donors (Lipinski definition) is 1. The van der Waals surface area contributed by atoms with Crippen LogP contribution < -0.4 is 4.72 Å². The molecule has 0 aliphatic carbocycles. The van der Waals surface area contributed by atoms with E-state index >= 15 is 0 Å². The smallest absolute Gasteiger partial charge is 0.261 e. The van der Waals surface area contributed by atoms with Crippen LogP contribution in [0.3, 0.4) is 0 Å². The molecule has 0 spiro atoms. The van der Waals surface area contributed by atoms with Gasteiger partial charge >= 0.3 is 0 Å². The van der Waals surface area contributed by atoms with Gasteiger partial charge in [0.1, 0.15) is 0 Å². The number of hydrogen-bond acceptors (Lipinski definition) is 2. The third-order valence-corrected chi connectivity index (χ3v) is 5.07. The van der Waals surface area contributed by atoms with Gasteiger partial charge in [0.05, 0.1) is 10.6 Å². The zero-order valence-electron chi connectivity index (χ0n) is 13.5. The molecule has 4 heteroatoms. The van der Waals surface area contributed by atoms with Gasteiger partial charge in [0.2, 0.25) is 0 Å². The summed E-state index contributed by atoms with van der Waals surface area (Å²) in [6.45, 7) is 8.26. The molecule has 0 bridgehead atoms. The molecule has 2 aromatic carbocycles. The van der Waals surface area contributed by atoms with Gasteiger partial charge in [0.25, 0.3) is 10.0 Å². The lowest BCUT2D eigenvalue weighted by Gasteiger charge is -2.15. The van der Waals surface area contributed by atoms with Gasteiger partial charge in [0.15, 0.2) is 0 Å².